The summed E-state index contributed by atoms with van der Waals surface area (Å²) in [6.07, 6.45) is -6.23. The number of nitrogens with one attached hydrogen (secondary N) is 1. The van der Waals surface area contributed by atoms with Crippen molar-refractivity contribution in [1.29, 1.82) is 0 Å². The van der Waals surface area contributed by atoms with Gasteiger partial charge in [0.1, 0.15) is 11.5 Å². The monoisotopic (exact) mass is 341 g/mol. The Balaban J connectivity index is 2.26. The van der Waals surface area contributed by atoms with Gasteiger partial charge in [-0.15, -0.1) is 0 Å². The van der Waals surface area contributed by atoms with Gasteiger partial charge in [-0.25, -0.2) is 4.39 Å². The number of aryl methyl sites for hydroxylation is 1. The first-order valence-corrected chi connectivity index (χ1v) is 6.83. The number of aromatic amines is 1. The molecular formula is C15H11F4N3O2. The fraction of sp³-hybridized carbons (Fsp3) is 0.200. The number of rotatable bonds is 2. The topological polar surface area (TPSA) is 70.4 Å². The molecule has 2 N–H and O–H groups in total. The van der Waals surface area contributed by atoms with Crippen LogP contribution in [0.1, 0.15) is 11.3 Å². The van der Waals surface area contributed by atoms with Crippen LogP contribution >= 0.6 is 0 Å². The van der Waals surface area contributed by atoms with E-state index in [4.69, 9.17) is 0 Å². The normalized spacial score (nSPS) is 12.0. The number of aromatic nitrogens is 3. The summed E-state index contributed by atoms with van der Waals surface area (Å²) in [4.78, 5) is 14.3. The van der Waals surface area contributed by atoms with Gasteiger partial charge < -0.3 is 10.1 Å². The van der Waals surface area contributed by atoms with E-state index in [1.54, 1.807) is 6.92 Å². The van der Waals surface area contributed by atoms with Gasteiger partial charge in [0.25, 0.3) is 5.56 Å². The van der Waals surface area contributed by atoms with E-state index in [1.165, 1.54) is 24.3 Å². The zero-order chi connectivity index (χ0) is 17.6. The van der Waals surface area contributed by atoms with E-state index < -0.39 is 35.4 Å². The quantitative estimate of drug-likeness (QED) is 0.704. The first-order chi connectivity index (χ1) is 11.2. The minimum Gasteiger partial charge on any atom is -0.493 e. The van der Waals surface area contributed by atoms with Crippen LogP contribution in [0.2, 0.25) is 0 Å². The average molecular weight is 341 g/mol. The second-order valence-corrected chi connectivity index (χ2v) is 5.28. The largest absolute Gasteiger partial charge is 0.493 e. The van der Waals surface area contributed by atoms with E-state index in [0.717, 1.165) is 4.52 Å². The molecule has 0 aliphatic carbocycles. The lowest BCUT2D eigenvalue weighted by Crippen LogP contribution is -2.22. The van der Waals surface area contributed by atoms with E-state index in [2.05, 4.69) is 10.1 Å². The van der Waals surface area contributed by atoms with E-state index in [-0.39, 0.29) is 5.65 Å². The highest BCUT2D eigenvalue weighted by Crippen LogP contribution is 2.31. The molecule has 0 unspecified atom stereocenters. The van der Waals surface area contributed by atoms with Crippen LogP contribution in [-0.2, 0) is 6.42 Å². The van der Waals surface area contributed by atoms with Crippen molar-refractivity contribution in [1.82, 2.24) is 14.6 Å². The maximum Gasteiger partial charge on any atom is 0.393 e. The molecule has 9 heteroatoms. The van der Waals surface area contributed by atoms with Crippen molar-refractivity contribution >= 4 is 5.65 Å². The van der Waals surface area contributed by atoms with Gasteiger partial charge in [-0.05, 0) is 24.6 Å². The molecule has 0 spiro atoms. The fourth-order valence-electron chi connectivity index (χ4n) is 2.53. The molecule has 5 nitrogen and oxygen atoms in total. The van der Waals surface area contributed by atoms with Crippen LogP contribution in [0.15, 0.2) is 29.1 Å². The van der Waals surface area contributed by atoms with Gasteiger partial charge in [0.2, 0.25) is 5.88 Å². The number of H-pyrrole nitrogens is 1. The molecule has 0 fully saturated rings. The number of hydrogen-bond donors (Lipinski definition) is 2. The Morgan fingerprint density at radius 1 is 1.25 bits per heavy atom. The Morgan fingerprint density at radius 3 is 2.46 bits per heavy atom. The van der Waals surface area contributed by atoms with Crippen molar-refractivity contribution in [2.75, 3.05) is 0 Å². The molecule has 0 atom stereocenters. The third kappa shape index (κ3) is 2.72. The summed E-state index contributed by atoms with van der Waals surface area (Å²) in [7, 11) is 0. The number of fused-ring (bicyclic) bond motifs is 1. The zero-order valence-corrected chi connectivity index (χ0v) is 12.3. The molecule has 126 valence electrons. The van der Waals surface area contributed by atoms with Crippen LogP contribution < -0.4 is 5.56 Å². The highest BCUT2D eigenvalue weighted by Gasteiger charge is 2.32. The van der Waals surface area contributed by atoms with Crippen molar-refractivity contribution in [3.63, 3.8) is 0 Å². The van der Waals surface area contributed by atoms with Crippen LogP contribution in [0.25, 0.3) is 16.8 Å². The Kier molecular flexibility index (Phi) is 3.58. The summed E-state index contributed by atoms with van der Waals surface area (Å²) in [6, 6.07) is 5.29. The van der Waals surface area contributed by atoms with Gasteiger partial charge in [0, 0.05) is 5.56 Å². The lowest BCUT2D eigenvalue weighted by Gasteiger charge is -2.08. The maximum absolute atomic E-state index is 13.1. The number of alkyl halides is 3. The molecule has 0 saturated heterocycles. The summed E-state index contributed by atoms with van der Waals surface area (Å²) >= 11 is 0. The Morgan fingerprint density at radius 2 is 1.88 bits per heavy atom. The third-order valence-electron chi connectivity index (χ3n) is 3.55. The van der Waals surface area contributed by atoms with Crippen molar-refractivity contribution < 1.29 is 22.7 Å². The minimum absolute atomic E-state index is 0.0348. The van der Waals surface area contributed by atoms with E-state index in [1.807, 2.05) is 0 Å². The van der Waals surface area contributed by atoms with Crippen LogP contribution in [-0.4, -0.2) is 25.9 Å². The standard InChI is InChI=1S/C15H11F4N3O2/c1-7-11(8-2-4-9(16)5-3-8)12-20-13(23)10(6-15(17,18)19)14(24)22(12)21-7/h2-5,24H,6H2,1H3,(H,20,23). The van der Waals surface area contributed by atoms with Gasteiger partial charge >= 0.3 is 6.18 Å². The third-order valence-corrected chi connectivity index (χ3v) is 3.55. The first kappa shape index (κ1) is 16.0. The summed E-state index contributed by atoms with van der Waals surface area (Å²) in [6.45, 7) is 1.56. The molecule has 0 radical (unpaired) electrons. The van der Waals surface area contributed by atoms with Crippen LogP contribution in [0.5, 0.6) is 5.88 Å². The summed E-state index contributed by atoms with van der Waals surface area (Å²) in [5, 5.41) is 14.0. The average Bonchev–Trinajstić information content (AvgIpc) is 2.80. The highest BCUT2D eigenvalue weighted by molar-refractivity contribution is 5.80. The summed E-state index contributed by atoms with van der Waals surface area (Å²) < 4.78 is 51.6. The van der Waals surface area contributed by atoms with Crippen LogP contribution in [0.4, 0.5) is 17.6 Å². The molecular weight excluding hydrogens is 330 g/mol. The van der Waals surface area contributed by atoms with E-state index in [9.17, 15) is 27.5 Å². The smallest absolute Gasteiger partial charge is 0.393 e. The van der Waals surface area contributed by atoms with Gasteiger partial charge in [-0.1, -0.05) is 12.1 Å². The number of benzene rings is 1. The van der Waals surface area contributed by atoms with Gasteiger partial charge in [-0.3, -0.25) is 4.79 Å². The van der Waals surface area contributed by atoms with E-state index in [0.29, 0.717) is 16.8 Å². The maximum atomic E-state index is 13.1. The summed E-state index contributed by atoms with van der Waals surface area (Å²) in [5.41, 5.74) is -0.587. The number of hydrogen-bond acceptors (Lipinski definition) is 3. The predicted molar refractivity (Wildman–Crippen MR) is 77.4 cm³/mol. The fourth-order valence-corrected chi connectivity index (χ4v) is 2.53. The molecule has 2 aromatic heterocycles. The summed E-state index contributed by atoms with van der Waals surface area (Å²) in [5.74, 6) is -1.33. The SMILES string of the molecule is Cc1nn2c(O)c(CC(F)(F)F)c(=O)[nH]c2c1-c1ccc(F)cc1. The molecule has 3 aromatic rings. The van der Waals surface area contributed by atoms with E-state index >= 15 is 0 Å². The molecule has 24 heavy (non-hydrogen) atoms. The molecule has 0 aliphatic heterocycles. The lowest BCUT2D eigenvalue weighted by molar-refractivity contribution is -0.127. The number of aromatic hydroxyl groups is 1. The van der Waals surface area contributed by atoms with Crippen LogP contribution in [0, 0.1) is 12.7 Å². The Hall–Kier alpha value is -2.84. The molecule has 0 aliphatic rings. The number of nitrogens with zero attached hydrogens (tertiary/aromatic N) is 2. The second kappa shape index (κ2) is 5.36. The number of halogens is 4. The Bertz CT molecular complexity index is 972. The van der Waals surface area contributed by atoms with Gasteiger partial charge in [-0.2, -0.15) is 22.8 Å². The molecule has 0 bridgehead atoms. The van der Waals surface area contributed by atoms with Crippen LogP contribution in [0.3, 0.4) is 0 Å². The predicted octanol–water partition coefficient (Wildman–Crippen LogP) is 2.95. The minimum atomic E-state index is -4.65. The first-order valence-electron chi connectivity index (χ1n) is 6.83. The molecule has 0 saturated carbocycles. The Labute approximate surface area is 132 Å². The van der Waals surface area contributed by atoms with Gasteiger partial charge in [0.15, 0.2) is 0 Å². The zero-order valence-electron chi connectivity index (χ0n) is 12.3. The van der Waals surface area contributed by atoms with Gasteiger partial charge in [0.05, 0.1) is 17.7 Å². The highest BCUT2D eigenvalue weighted by atomic mass is 19.4. The second-order valence-electron chi connectivity index (χ2n) is 5.28. The van der Waals surface area contributed by atoms with Crippen molar-refractivity contribution in [2.24, 2.45) is 0 Å². The van der Waals surface area contributed by atoms with Crippen molar-refractivity contribution in [3.05, 3.63) is 51.7 Å². The lowest BCUT2D eigenvalue weighted by atomic mass is 10.1. The molecule has 0 amide bonds. The van der Waals surface area contributed by atoms with Crippen molar-refractivity contribution in [3.8, 4) is 17.0 Å². The molecule has 1 aromatic carbocycles. The van der Waals surface area contributed by atoms with Crippen molar-refractivity contribution in [2.45, 2.75) is 19.5 Å². The molecule has 2 heterocycles. The molecule has 3 rings (SSSR count).